The van der Waals surface area contributed by atoms with E-state index >= 15 is 0 Å². The van der Waals surface area contributed by atoms with Crippen molar-refractivity contribution in [2.24, 2.45) is 0 Å². The van der Waals surface area contributed by atoms with Gasteiger partial charge in [0.05, 0.1) is 6.04 Å². The molecule has 0 fully saturated rings. The molecule has 0 spiro atoms. The molecule has 0 bridgehead atoms. The molecule has 3 nitrogen and oxygen atoms in total. The normalized spacial score (nSPS) is 12.6. The van der Waals surface area contributed by atoms with Crippen LogP contribution in [0.4, 0.5) is 0 Å². The summed E-state index contributed by atoms with van der Waals surface area (Å²) >= 11 is 6.26. The fraction of sp³-hybridized carbons (Fsp3) is 0.412. The first-order chi connectivity index (χ1) is 10.2. The largest absolute Gasteiger partial charge is 0.462 e. The van der Waals surface area contributed by atoms with Crippen LogP contribution >= 0.6 is 11.6 Å². The predicted octanol–water partition coefficient (Wildman–Crippen LogP) is 4.48. The van der Waals surface area contributed by atoms with Gasteiger partial charge in [-0.05, 0) is 49.2 Å². The van der Waals surface area contributed by atoms with E-state index in [1.54, 1.807) is 7.11 Å². The Hall–Kier alpha value is -1.29. The van der Waals surface area contributed by atoms with Crippen LogP contribution in [0, 0.1) is 6.92 Å². The predicted molar refractivity (Wildman–Crippen MR) is 85.7 cm³/mol. The molecule has 0 aliphatic carbocycles. The molecular formula is C17H22ClNO2. The van der Waals surface area contributed by atoms with Crippen molar-refractivity contribution in [3.8, 4) is 0 Å². The standard InChI is InChI=1S/C17H22ClNO2/c1-4-9-19-17(13-6-5-12(2)15(18)10-13)16-8-7-14(21-16)11-20-3/h5-8,10,17,19H,4,9,11H2,1-3H3. The van der Waals surface area contributed by atoms with Gasteiger partial charge in [-0.3, -0.25) is 0 Å². The van der Waals surface area contributed by atoms with Gasteiger partial charge in [-0.25, -0.2) is 0 Å². The minimum Gasteiger partial charge on any atom is -0.462 e. The first-order valence-corrected chi connectivity index (χ1v) is 7.60. The molecule has 0 aliphatic rings. The molecule has 4 heteroatoms. The fourth-order valence-electron chi connectivity index (χ4n) is 2.23. The lowest BCUT2D eigenvalue weighted by atomic mass is 10.0. The van der Waals surface area contributed by atoms with Crippen molar-refractivity contribution < 1.29 is 9.15 Å². The topological polar surface area (TPSA) is 34.4 Å². The lowest BCUT2D eigenvalue weighted by molar-refractivity contribution is 0.162. The monoisotopic (exact) mass is 307 g/mol. The van der Waals surface area contributed by atoms with Gasteiger partial charge in [-0.2, -0.15) is 0 Å². The minimum atomic E-state index is 0.00801. The Kier molecular flexibility index (Phi) is 5.85. The van der Waals surface area contributed by atoms with Crippen molar-refractivity contribution in [3.63, 3.8) is 0 Å². The van der Waals surface area contributed by atoms with Crippen LogP contribution in [0.2, 0.25) is 5.02 Å². The zero-order valence-corrected chi connectivity index (χ0v) is 13.5. The number of furan rings is 1. The fourth-order valence-corrected chi connectivity index (χ4v) is 2.42. The Morgan fingerprint density at radius 3 is 2.76 bits per heavy atom. The average molecular weight is 308 g/mol. The van der Waals surface area contributed by atoms with Crippen LogP contribution in [0.25, 0.3) is 0 Å². The van der Waals surface area contributed by atoms with E-state index in [0.717, 1.165) is 40.6 Å². The summed E-state index contributed by atoms with van der Waals surface area (Å²) in [6.07, 6.45) is 1.06. The molecule has 1 aromatic heterocycles. The SMILES string of the molecule is CCCNC(c1ccc(C)c(Cl)c1)c1ccc(COC)o1. The maximum Gasteiger partial charge on any atom is 0.129 e. The number of ether oxygens (including phenoxy) is 1. The lowest BCUT2D eigenvalue weighted by Gasteiger charge is -2.17. The minimum absolute atomic E-state index is 0.00801. The second-order valence-electron chi connectivity index (χ2n) is 5.13. The molecule has 0 radical (unpaired) electrons. The number of benzene rings is 1. The van der Waals surface area contributed by atoms with Crippen LogP contribution < -0.4 is 5.32 Å². The van der Waals surface area contributed by atoms with Crippen LogP contribution in [0.15, 0.2) is 34.7 Å². The van der Waals surface area contributed by atoms with Gasteiger partial charge >= 0.3 is 0 Å². The Labute approximate surface area is 131 Å². The van der Waals surface area contributed by atoms with Crippen molar-refractivity contribution in [1.82, 2.24) is 5.32 Å². The first kappa shape index (κ1) is 16.1. The number of methoxy groups -OCH3 is 1. The van der Waals surface area contributed by atoms with Crippen molar-refractivity contribution >= 4 is 11.6 Å². The van der Waals surface area contributed by atoms with Gasteiger partial charge < -0.3 is 14.5 Å². The number of hydrogen-bond donors (Lipinski definition) is 1. The van der Waals surface area contributed by atoms with Crippen molar-refractivity contribution in [3.05, 3.63) is 58.0 Å². The van der Waals surface area contributed by atoms with Gasteiger partial charge in [-0.15, -0.1) is 0 Å². The third-order valence-electron chi connectivity index (χ3n) is 3.38. The summed E-state index contributed by atoms with van der Waals surface area (Å²) < 4.78 is 11.0. The zero-order chi connectivity index (χ0) is 15.2. The molecule has 2 rings (SSSR count). The van der Waals surface area contributed by atoms with Gasteiger partial charge in [0.15, 0.2) is 0 Å². The number of halogens is 1. The summed E-state index contributed by atoms with van der Waals surface area (Å²) in [5, 5.41) is 4.29. The van der Waals surface area contributed by atoms with Crippen LogP contribution in [0.3, 0.4) is 0 Å². The molecule has 2 aromatic rings. The molecule has 0 saturated carbocycles. The second kappa shape index (κ2) is 7.64. The first-order valence-electron chi connectivity index (χ1n) is 7.22. The van der Waals surface area contributed by atoms with Crippen LogP contribution in [-0.2, 0) is 11.3 Å². The highest BCUT2D eigenvalue weighted by molar-refractivity contribution is 6.31. The van der Waals surface area contributed by atoms with Crippen LogP contribution in [-0.4, -0.2) is 13.7 Å². The lowest BCUT2D eigenvalue weighted by Crippen LogP contribution is -2.22. The second-order valence-corrected chi connectivity index (χ2v) is 5.54. The Bertz CT molecular complexity index is 580. The van der Waals surface area contributed by atoms with E-state index in [1.165, 1.54) is 0 Å². The molecule has 0 aliphatic heterocycles. The van der Waals surface area contributed by atoms with Crippen molar-refractivity contribution in [2.75, 3.05) is 13.7 Å². The highest BCUT2D eigenvalue weighted by atomic mass is 35.5. The quantitative estimate of drug-likeness (QED) is 0.819. The number of hydrogen-bond acceptors (Lipinski definition) is 3. The molecule has 21 heavy (non-hydrogen) atoms. The molecule has 1 atom stereocenters. The van der Waals surface area contributed by atoms with Gasteiger partial charge in [0.1, 0.15) is 18.1 Å². The Morgan fingerprint density at radius 2 is 2.10 bits per heavy atom. The summed E-state index contributed by atoms with van der Waals surface area (Å²) in [4.78, 5) is 0. The third-order valence-corrected chi connectivity index (χ3v) is 3.79. The number of nitrogens with one attached hydrogen (secondary N) is 1. The summed E-state index contributed by atoms with van der Waals surface area (Å²) in [5.41, 5.74) is 2.19. The maximum absolute atomic E-state index is 6.26. The van der Waals surface area contributed by atoms with Gasteiger partial charge in [0, 0.05) is 12.1 Å². The average Bonchev–Trinajstić information content (AvgIpc) is 2.92. The summed E-state index contributed by atoms with van der Waals surface area (Å²) in [6, 6.07) is 10.1. The van der Waals surface area contributed by atoms with Crippen molar-refractivity contribution in [1.29, 1.82) is 0 Å². The van der Waals surface area contributed by atoms with Gasteiger partial charge in [-0.1, -0.05) is 30.7 Å². The van der Waals surface area contributed by atoms with E-state index in [9.17, 15) is 0 Å². The zero-order valence-electron chi connectivity index (χ0n) is 12.8. The van der Waals surface area contributed by atoms with E-state index in [4.69, 9.17) is 20.8 Å². The molecular weight excluding hydrogens is 286 g/mol. The molecule has 1 aromatic carbocycles. The molecule has 0 saturated heterocycles. The summed E-state index contributed by atoms with van der Waals surface area (Å²) in [7, 11) is 1.66. The van der Waals surface area contributed by atoms with E-state index < -0.39 is 0 Å². The molecule has 114 valence electrons. The molecule has 1 heterocycles. The van der Waals surface area contributed by atoms with Gasteiger partial charge in [0.25, 0.3) is 0 Å². The molecule has 1 N–H and O–H groups in total. The molecule has 0 amide bonds. The highest BCUT2D eigenvalue weighted by Gasteiger charge is 2.18. The van der Waals surface area contributed by atoms with E-state index in [-0.39, 0.29) is 6.04 Å². The number of aryl methyl sites for hydroxylation is 1. The van der Waals surface area contributed by atoms with Crippen molar-refractivity contribution in [2.45, 2.75) is 32.9 Å². The number of rotatable bonds is 7. The van der Waals surface area contributed by atoms with E-state index in [1.807, 2.05) is 31.2 Å². The molecule has 1 unspecified atom stereocenters. The third kappa shape index (κ3) is 4.10. The van der Waals surface area contributed by atoms with Crippen LogP contribution in [0.5, 0.6) is 0 Å². The van der Waals surface area contributed by atoms with Crippen LogP contribution in [0.1, 0.15) is 42.0 Å². The highest BCUT2D eigenvalue weighted by Crippen LogP contribution is 2.27. The summed E-state index contributed by atoms with van der Waals surface area (Å²) in [5.74, 6) is 1.71. The smallest absolute Gasteiger partial charge is 0.129 e. The summed E-state index contributed by atoms with van der Waals surface area (Å²) in [6.45, 7) is 5.54. The van der Waals surface area contributed by atoms with E-state index in [2.05, 4.69) is 18.3 Å². The Morgan fingerprint density at radius 1 is 1.29 bits per heavy atom. The van der Waals surface area contributed by atoms with Gasteiger partial charge in [0.2, 0.25) is 0 Å². The van der Waals surface area contributed by atoms with E-state index in [0.29, 0.717) is 6.61 Å². The Balaban J connectivity index is 2.29. The maximum atomic E-state index is 6.26.